The molecule has 2 atom stereocenters. The summed E-state index contributed by atoms with van der Waals surface area (Å²) in [5.74, 6) is 0. The zero-order chi connectivity index (χ0) is 16.7. The van der Waals surface area contributed by atoms with Crippen molar-refractivity contribution in [3.8, 4) is 0 Å². The summed E-state index contributed by atoms with van der Waals surface area (Å²) in [5, 5.41) is 6.99. The number of anilines is 2. The molecule has 0 spiro atoms. The van der Waals surface area contributed by atoms with Crippen LogP contribution in [0.4, 0.5) is 11.4 Å². The maximum absolute atomic E-state index is 3.50. The topological polar surface area (TPSA) is 24.1 Å². The monoisotopic (exact) mass is 328 g/mol. The van der Waals surface area contributed by atoms with Crippen LogP contribution in [0.2, 0.25) is 0 Å². The van der Waals surface area contributed by atoms with Crippen LogP contribution in [0.3, 0.4) is 0 Å². The quantitative estimate of drug-likeness (QED) is 0.598. The van der Waals surface area contributed by atoms with E-state index in [9.17, 15) is 0 Å². The van der Waals surface area contributed by atoms with E-state index in [4.69, 9.17) is 0 Å². The first kappa shape index (κ1) is 17.7. The third-order valence-electron chi connectivity index (χ3n) is 4.00. The normalized spacial score (nSPS) is 13.4. The molecule has 0 amide bonds. The molecule has 0 bridgehead atoms. The molecular weight excluding hydrogens is 300 g/mol. The molecule has 2 N–H and O–H groups in total. The zero-order valence-electron chi connectivity index (χ0n) is 14.6. The maximum atomic E-state index is 3.50. The Bertz CT molecular complexity index is 524. The van der Waals surface area contributed by atoms with Gasteiger partial charge in [-0.1, -0.05) is 25.6 Å². The van der Waals surface area contributed by atoms with Crippen LogP contribution in [-0.4, -0.2) is 12.1 Å². The summed E-state index contributed by atoms with van der Waals surface area (Å²) in [7, 11) is 0. The molecule has 2 aromatic carbocycles. The van der Waals surface area contributed by atoms with E-state index >= 15 is 0 Å². The van der Waals surface area contributed by atoms with Crippen molar-refractivity contribution < 1.29 is 0 Å². The van der Waals surface area contributed by atoms with Gasteiger partial charge >= 0.3 is 0 Å². The lowest BCUT2D eigenvalue weighted by Crippen LogP contribution is -2.13. The number of benzene rings is 2. The fourth-order valence-electron chi connectivity index (χ4n) is 2.15. The van der Waals surface area contributed by atoms with E-state index in [-0.39, 0.29) is 0 Å². The molecule has 0 fully saturated rings. The number of nitrogens with one attached hydrogen (secondary N) is 2. The molecule has 0 radical (unpaired) electrons. The molecule has 0 aliphatic carbocycles. The summed E-state index contributed by atoms with van der Waals surface area (Å²) in [6.45, 7) is 8.80. The predicted octanol–water partition coefficient (Wildman–Crippen LogP) is 6.26. The SMILES string of the molecule is CCC(C)Nc1ccc(Sc2ccc(NC(C)CC)cc2)cc1. The molecule has 2 aromatic rings. The van der Waals surface area contributed by atoms with Gasteiger partial charge < -0.3 is 10.6 Å². The maximum Gasteiger partial charge on any atom is 0.0342 e. The number of hydrogen-bond acceptors (Lipinski definition) is 3. The molecule has 0 heterocycles. The lowest BCUT2D eigenvalue weighted by Gasteiger charge is -2.14. The standard InChI is InChI=1S/C20H28N2S/c1-5-15(3)21-17-7-11-19(12-8-17)23-20-13-9-18(10-14-20)22-16(4)6-2/h7-16,21-22H,5-6H2,1-4H3. The molecule has 0 saturated carbocycles. The molecule has 124 valence electrons. The van der Waals surface area contributed by atoms with Crippen LogP contribution in [0.1, 0.15) is 40.5 Å². The molecule has 0 aromatic heterocycles. The van der Waals surface area contributed by atoms with Gasteiger partial charge in [0, 0.05) is 33.2 Å². The van der Waals surface area contributed by atoms with E-state index in [2.05, 4.69) is 86.9 Å². The van der Waals surface area contributed by atoms with Crippen molar-refractivity contribution in [2.75, 3.05) is 10.6 Å². The summed E-state index contributed by atoms with van der Waals surface area (Å²) in [5.41, 5.74) is 2.38. The Labute approximate surface area is 145 Å². The summed E-state index contributed by atoms with van der Waals surface area (Å²) >= 11 is 1.80. The lowest BCUT2D eigenvalue weighted by molar-refractivity contribution is 0.764. The van der Waals surface area contributed by atoms with E-state index in [0.717, 1.165) is 12.8 Å². The van der Waals surface area contributed by atoms with Crippen LogP contribution >= 0.6 is 11.8 Å². The van der Waals surface area contributed by atoms with Crippen molar-refractivity contribution in [2.45, 2.75) is 62.4 Å². The van der Waals surface area contributed by atoms with Gasteiger partial charge in [0.05, 0.1) is 0 Å². The molecule has 3 heteroatoms. The van der Waals surface area contributed by atoms with Gasteiger partial charge in [0.25, 0.3) is 0 Å². The van der Waals surface area contributed by atoms with Crippen LogP contribution in [0.15, 0.2) is 58.3 Å². The first-order chi connectivity index (χ1) is 11.1. The van der Waals surface area contributed by atoms with Gasteiger partial charge in [-0.05, 0) is 75.2 Å². The van der Waals surface area contributed by atoms with Gasteiger partial charge in [-0.2, -0.15) is 0 Å². The van der Waals surface area contributed by atoms with Crippen molar-refractivity contribution >= 4 is 23.1 Å². The average Bonchev–Trinajstić information content (AvgIpc) is 2.58. The van der Waals surface area contributed by atoms with Crippen LogP contribution in [0, 0.1) is 0 Å². The van der Waals surface area contributed by atoms with Crippen molar-refractivity contribution in [1.29, 1.82) is 0 Å². The van der Waals surface area contributed by atoms with E-state index < -0.39 is 0 Å². The summed E-state index contributed by atoms with van der Waals surface area (Å²) < 4.78 is 0. The van der Waals surface area contributed by atoms with Crippen molar-refractivity contribution in [2.24, 2.45) is 0 Å². The highest BCUT2D eigenvalue weighted by atomic mass is 32.2. The Morgan fingerprint density at radius 3 is 1.35 bits per heavy atom. The molecule has 0 aliphatic rings. The fraction of sp³-hybridized carbons (Fsp3) is 0.400. The fourth-order valence-corrected chi connectivity index (χ4v) is 2.96. The van der Waals surface area contributed by atoms with Gasteiger partial charge in [-0.25, -0.2) is 0 Å². The third-order valence-corrected chi connectivity index (χ3v) is 5.01. The van der Waals surface area contributed by atoms with Crippen LogP contribution in [-0.2, 0) is 0 Å². The van der Waals surface area contributed by atoms with Crippen molar-refractivity contribution in [3.05, 3.63) is 48.5 Å². The Morgan fingerprint density at radius 2 is 1.04 bits per heavy atom. The summed E-state index contributed by atoms with van der Waals surface area (Å²) in [6, 6.07) is 18.4. The Balaban J connectivity index is 1.94. The lowest BCUT2D eigenvalue weighted by atomic mass is 10.2. The predicted molar refractivity (Wildman–Crippen MR) is 104 cm³/mol. The highest BCUT2D eigenvalue weighted by Crippen LogP contribution is 2.29. The molecule has 0 saturated heterocycles. The molecule has 0 aliphatic heterocycles. The average molecular weight is 329 g/mol. The largest absolute Gasteiger partial charge is 0.383 e. The summed E-state index contributed by atoms with van der Waals surface area (Å²) in [6.07, 6.45) is 2.26. The van der Waals surface area contributed by atoms with Crippen LogP contribution in [0.5, 0.6) is 0 Å². The van der Waals surface area contributed by atoms with E-state index in [0.29, 0.717) is 12.1 Å². The minimum atomic E-state index is 0.513. The molecule has 23 heavy (non-hydrogen) atoms. The first-order valence-electron chi connectivity index (χ1n) is 8.51. The van der Waals surface area contributed by atoms with Gasteiger partial charge in [0.15, 0.2) is 0 Å². The second-order valence-corrected chi connectivity index (χ2v) is 7.21. The molecular formula is C20H28N2S. The Kier molecular flexibility index (Phi) is 6.85. The highest BCUT2D eigenvalue weighted by Gasteiger charge is 2.02. The van der Waals surface area contributed by atoms with Gasteiger partial charge in [-0.3, -0.25) is 0 Å². The number of rotatable bonds is 8. The summed E-state index contributed by atoms with van der Waals surface area (Å²) in [4.78, 5) is 2.53. The van der Waals surface area contributed by atoms with Crippen molar-refractivity contribution in [1.82, 2.24) is 0 Å². The first-order valence-corrected chi connectivity index (χ1v) is 9.33. The smallest absolute Gasteiger partial charge is 0.0342 e. The van der Waals surface area contributed by atoms with E-state index in [1.807, 2.05) is 0 Å². The molecule has 2 unspecified atom stereocenters. The van der Waals surface area contributed by atoms with Crippen LogP contribution in [0.25, 0.3) is 0 Å². The second-order valence-electron chi connectivity index (χ2n) is 6.06. The Hall–Kier alpha value is -1.61. The molecule has 2 rings (SSSR count). The van der Waals surface area contributed by atoms with E-state index in [1.54, 1.807) is 11.8 Å². The minimum Gasteiger partial charge on any atom is -0.383 e. The van der Waals surface area contributed by atoms with Gasteiger partial charge in [0.2, 0.25) is 0 Å². The second kappa shape index (κ2) is 8.88. The highest BCUT2D eigenvalue weighted by molar-refractivity contribution is 7.99. The van der Waals surface area contributed by atoms with E-state index in [1.165, 1.54) is 21.2 Å². The molecule has 2 nitrogen and oxygen atoms in total. The zero-order valence-corrected chi connectivity index (χ0v) is 15.4. The number of hydrogen-bond donors (Lipinski definition) is 2. The van der Waals surface area contributed by atoms with Gasteiger partial charge in [0.1, 0.15) is 0 Å². The minimum absolute atomic E-state index is 0.513. The van der Waals surface area contributed by atoms with Crippen molar-refractivity contribution in [3.63, 3.8) is 0 Å². The Morgan fingerprint density at radius 1 is 0.696 bits per heavy atom. The van der Waals surface area contributed by atoms with Crippen LogP contribution < -0.4 is 10.6 Å². The third kappa shape index (κ3) is 5.83. The van der Waals surface area contributed by atoms with Gasteiger partial charge in [-0.15, -0.1) is 0 Å².